The van der Waals surface area contributed by atoms with E-state index in [2.05, 4.69) is 20.9 Å². The van der Waals surface area contributed by atoms with Gasteiger partial charge < -0.3 is 5.73 Å². The van der Waals surface area contributed by atoms with E-state index in [1.54, 1.807) is 12.3 Å². The Labute approximate surface area is 85.3 Å². The zero-order chi connectivity index (χ0) is 9.35. The molecule has 0 aliphatic rings. The summed E-state index contributed by atoms with van der Waals surface area (Å²) < 4.78 is 0.862. The normalized spacial score (nSPS) is 11.8. The summed E-state index contributed by atoms with van der Waals surface area (Å²) in [6, 6.07) is 1.79. The molecule has 0 aliphatic carbocycles. The number of nitrogens with zero attached hydrogens (tertiary/aromatic N) is 1. The van der Waals surface area contributed by atoms with Crippen LogP contribution in [0.1, 0.15) is 19.5 Å². The highest BCUT2D eigenvalue weighted by Crippen LogP contribution is 2.25. The molecule has 2 N–H and O–H groups in total. The number of nitrogens with two attached hydrogens (primary N) is 1. The van der Waals surface area contributed by atoms with Gasteiger partial charge in [-0.1, -0.05) is 11.6 Å². The van der Waals surface area contributed by atoms with Crippen LogP contribution in [0.3, 0.4) is 0 Å². The second-order valence-electron chi connectivity index (χ2n) is 3.21. The lowest BCUT2D eigenvalue weighted by Gasteiger charge is -2.18. The second-order valence-corrected chi connectivity index (χ2v) is 4.53. The summed E-state index contributed by atoms with van der Waals surface area (Å²) in [5.41, 5.74) is 6.07. The number of hydrogen-bond donors (Lipinski definition) is 1. The highest BCUT2D eigenvalue weighted by atomic mass is 79.9. The van der Waals surface area contributed by atoms with Gasteiger partial charge in [-0.05, 0) is 35.8 Å². The molecule has 0 atom stereocenters. The van der Waals surface area contributed by atoms with E-state index in [1.807, 2.05) is 13.8 Å². The van der Waals surface area contributed by atoms with Gasteiger partial charge in [-0.2, -0.15) is 0 Å². The molecule has 1 heterocycles. The van der Waals surface area contributed by atoms with E-state index >= 15 is 0 Å². The van der Waals surface area contributed by atoms with Crippen molar-refractivity contribution in [2.24, 2.45) is 5.73 Å². The van der Waals surface area contributed by atoms with Crippen LogP contribution in [0.2, 0.25) is 5.02 Å². The maximum Gasteiger partial charge on any atom is 0.0783 e. The number of halogens is 2. The van der Waals surface area contributed by atoms with Crippen molar-refractivity contribution in [2.75, 3.05) is 0 Å². The van der Waals surface area contributed by atoms with Crippen LogP contribution in [0, 0.1) is 0 Å². The molecule has 2 nitrogen and oxygen atoms in total. The van der Waals surface area contributed by atoms with E-state index < -0.39 is 5.54 Å². The van der Waals surface area contributed by atoms with Gasteiger partial charge in [-0.3, -0.25) is 4.98 Å². The molecule has 0 saturated heterocycles. The highest BCUT2D eigenvalue weighted by molar-refractivity contribution is 9.10. The van der Waals surface area contributed by atoms with Gasteiger partial charge in [0.25, 0.3) is 0 Å². The Morgan fingerprint density at radius 1 is 1.58 bits per heavy atom. The fraction of sp³-hybridized carbons (Fsp3) is 0.375. The number of pyridine rings is 1. The average Bonchev–Trinajstić information content (AvgIpc) is 1.83. The number of aromatic nitrogens is 1. The summed E-state index contributed by atoms with van der Waals surface area (Å²) in [7, 11) is 0. The molecule has 1 aromatic rings. The van der Waals surface area contributed by atoms with E-state index in [0.717, 1.165) is 4.47 Å². The molecule has 0 fully saturated rings. The average molecular weight is 250 g/mol. The first-order valence-corrected chi connectivity index (χ1v) is 4.69. The van der Waals surface area contributed by atoms with E-state index in [0.29, 0.717) is 10.7 Å². The van der Waals surface area contributed by atoms with Gasteiger partial charge in [0, 0.05) is 10.7 Å². The molecular formula is C8H10BrClN2. The van der Waals surface area contributed by atoms with Gasteiger partial charge in [0.15, 0.2) is 0 Å². The first kappa shape index (κ1) is 9.96. The maximum absolute atomic E-state index is 5.94. The third-order valence-electron chi connectivity index (χ3n) is 1.42. The van der Waals surface area contributed by atoms with Gasteiger partial charge in [0.1, 0.15) is 0 Å². The lowest BCUT2D eigenvalue weighted by atomic mass is 10.0. The monoisotopic (exact) mass is 248 g/mol. The van der Waals surface area contributed by atoms with Crippen molar-refractivity contribution in [3.63, 3.8) is 0 Å². The molecule has 12 heavy (non-hydrogen) atoms. The molecule has 0 amide bonds. The summed E-state index contributed by atoms with van der Waals surface area (Å²) in [4.78, 5) is 4.15. The molecule has 66 valence electrons. The molecule has 0 bridgehead atoms. The van der Waals surface area contributed by atoms with Crippen LogP contribution in [-0.2, 0) is 5.54 Å². The Hall–Kier alpha value is -0.120. The topological polar surface area (TPSA) is 38.9 Å². The Bertz CT molecular complexity index is 294. The van der Waals surface area contributed by atoms with Crippen LogP contribution in [-0.4, -0.2) is 4.98 Å². The van der Waals surface area contributed by atoms with Crippen molar-refractivity contribution in [1.29, 1.82) is 0 Å². The first-order chi connectivity index (χ1) is 5.41. The van der Waals surface area contributed by atoms with Gasteiger partial charge >= 0.3 is 0 Å². The van der Waals surface area contributed by atoms with Crippen LogP contribution in [0.4, 0.5) is 0 Å². The maximum atomic E-state index is 5.94. The quantitative estimate of drug-likeness (QED) is 0.831. The summed E-state index contributed by atoms with van der Waals surface area (Å²) in [5.74, 6) is 0. The van der Waals surface area contributed by atoms with E-state index in [4.69, 9.17) is 17.3 Å². The van der Waals surface area contributed by atoms with Crippen LogP contribution in [0.15, 0.2) is 16.7 Å². The molecule has 0 radical (unpaired) electrons. The molecule has 1 aromatic heterocycles. The van der Waals surface area contributed by atoms with Crippen LogP contribution >= 0.6 is 27.5 Å². The molecule has 4 heteroatoms. The minimum Gasteiger partial charge on any atom is -0.321 e. The minimum atomic E-state index is -0.488. The number of rotatable bonds is 1. The minimum absolute atomic E-state index is 0.488. The predicted molar refractivity (Wildman–Crippen MR) is 54.2 cm³/mol. The fourth-order valence-corrected chi connectivity index (χ4v) is 1.76. The summed E-state index contributed by atoms with van der Waals surface area (Å²) in [6.07, 6.45) is 1.69. The Morgan fingerprint density at radius 2 is 2.17 bits per heavy atom. The first-order valence-electron chi connectivity index (χ1n) is 3.51. The highest BCUT2D eigenvalue weighted by Gasteiger charge is 2.19. The van der Waals surface area contributed by atoms with Gasteiger partial charge in [-0.15, -0.1) is 0 Å². The summed E-state index contributed by atoms with van der Waals surface area (Å²) in [6.45, 7) is 3.74. The van der Waals surface area contributed by atoms with Crippen molar-refractivity contribution in [2.45, 2.75) is 19.4 Å². The fourth-order valence-electron chi connectivity index (χ4n) is 0.889. The standard InChI is InChI=1S/C8H10BrClN2/c1-8(2,11)7-6(10)3-5(9)4-12-7/h3-4H,11H2,1-2H3. The van der Waals surface area contributed by atoms with Crippen molar-refractivity contribution in [3.05, 3.63) is 27.5 Å². The largest absolute Gasteiger partial charge is 0.321 e. The summed E-state index contributed by atoms with van der Waals surface area (Å²) in [5, 5.41) is 0.594. The van der Waals surface area contributed by atoms with E-state index in [9.17, 15) is 0 Å². The summed E-state index contributed by atoms with van der Waals surface area (Å²) >= 11 is 9.22. The van der Waals surface area contributed by atoms with Crippen molar-refractivity contribution >= 4 is 27.5 Å². The molecule has 0 aliphatic heterocycles. The van der Waals surface area contributed by atoms with Crippen molar-refractivity contribution < 1.29 is 0 Å². The van der Waals surface area contributed by atoms with E-state index in [-0.39, 0.29) is 0 Å². The van der Waals surface area contributed by atoms with Crippen LogP contribution in [0.5, 0.6) is 0 Å². The lowest BCUT2D eigenvalue weighted by Crippen LogP contribution is -2.30. The zero-order valence-electron chi connectivity index (χ0n) is 6.94. The van der Waals surface area contributed by atoms with Crippen LogP contribution < -0.4 is 5.73 Å². The van der Waals surface area contributed by atoms with Crippen molar-refractivity contribution in [3.8, 4) is 0 Å². The Morgan fingerprint density at radius 3 is 2.58 bits per heavy atom. The molecule has 1 rings (SSSR count). The molecule has 0 spiro atoms. The smallest absolute Gasteiger partial charge is 0.0783 e. The number of hydrogen-bond acceptors (Lipinski definition) is 2. The molecule has 0 aromatic carbocycles. The lowest BCUT2D eigenvalue weighted by molar-refractivity contribution is 0.535. The van der Waals surface area contributed by atoms with Gasteiger partial charge in [0.2, 0.25) is 0 Å². The predicted octanol–water partition coefficient (Wildman–Crippen LogP) is 2.69. The molecule has 0 saturated carbocycles. The Balaban J connectivity index is 3.19. The molecule has 0 unspecified atom stereocenters. The van der Waals surface area contributed by atoms with Crippen molar-refractivity contribution in [1.82, 2.24) is 4.98 Å². The third kappa shape index (κ3) is 2.19. The van der Waals surface area contributed by atoms with Crippen LogP contribution in [0.25, 0.3) is 0 Å². The second kappa shape index (κ2) is 3.32. The Kier molecular flexibility index (Phi) is 2.76. The van der Waals surface area contributed by atoms with Gasteiger partial charge in [0.05, 0.1) is 16.3 Å². The van der Waals surface area contributed by atoms with E-state index in [1.165, 1.54) is 0 Å². The zero-order valence-corrected chi connectivity index (χ0v) is 9.28. The van der Waals surface area contributed by atoms with Gasteiger partial charge in [-0.25, -0.2) is 0 Å². The SMILES string of the molecule is CC(C)(N)c1ncc(Br)cc1Cl. The third-order valence-corrected chi connectivity index (χ3v) is 2.14. The molecular weight excluding hydrogens is 239 g/mol.